The van der Waals surface area contributed by atoms with Gasteiger partial charge < -0.3 is 9.84 Å². The number of sulfonamides is 1. The Morgan fingerprint density at radius 1 is 1.07 bits per heavy atom. The first kappa shape index (κ1) is 22.1. The number of nitrogens with one attached hydrogen (secondary N) is 1. The lowest BCUT2D eigenvalue weighted by molar-refractivity contribution is -0.146. The van der Waals surface area contributed by atoms with E-state index in [4.69, 9.17) is 4.74 Å². The molecule has 1 unspecified atom stereocenters. The molecule has 158 valence electrons. The van der Waals surface area contributed by atoms with Crippen LogP contribution >= 0.6 is 15.9 Å². The molecular weight excluding hydrogens is 480 g/mol. The van der Waals surface area contributed by atoms with Crippen LogP contribution in [0, 0.1) is 0 Å². The van der Waals surface area contributed by atoms with Gasteiger partial charge in [0.25, 0.3) is 11.8 Å². The Morgan fingerprint density at radius 3 is 2.17 bits per heavy atom. The number of fused-ring (bicyclic) bond motifs is 1. The number of aliphatic hydroxyl groups is 1. The molecule has 0 saturated heterocycles. The van der Waals surface area contributed by atoms with Gasteiger partial charge in [0.15, 0.2) is 0 Å². The van der Waals surface area contributed by atoms with Gasteiger partial charge in [0.05, 0.1) is 29.2 Å². The van der Waals surface area contributed by atoms with Gasteiger partial charge in [0.2, 0.25) is 10.0 Å². The second-order valence-corrected chi connectivity index (χ2v) is 8.92. The van der Waals surface area contributed by atoms with Gasteiger partial charge in [-0.3, -0.25) is 19.3 Å². The maximum Gasteiger partial charge on any atom is 0.326 e. The lowest BCUT2D eigenvalue weighted by Gasteiger charge is -2.17. The van der Waals surface area contributed by atoms with Crippen molar-refractivity contribution in [2.75, 3.05) is 19.8 Å². The molecule has 3 rings (SSSR count). The van der Waals surface area contributed by atoms with Crippen LogP contribution in [0.25, 0.3) is 0 Å². The van der Waals surface area contributed by atoms with E-state index in [1.165, 1.54) is 36.4 Å². The first-order valence-electron chi connectivity index (χ1n) is 8.75. The Bertz CT molecular complexity index is 1050. The first-order valence-corrected chi connectivity index (χ1v) is 11.0. The van der Waals surface area contributed by atoms with Gasteiger partial charge in [-0.05, 0) is 36.4 Å². The summed E-state index contributed by atoms with van der Waals surface area (Å²) in [7, 11) is -4.08. The van der Waals surface area contributed by atoms with Crippen LogP contribution in [-0.4, -0.2) is 62.0 Å². The van der Waals surface area contributed by atoms with Gasteiger partial charge in [0.1, 0.15) is 12.6 Å². The van der Waals surface area contributed by atoms with Crippen molar-refractivity contribution >= 4 is 43.7 Å². The number of aliphatic hydroxyl groups excluding tert-OH is 1. The molecule has 2 N–H and O–H groups in total. The maximum atomic E-state index is 12.4. The zero-order chi connectivity index (χ0) is 21.9. The third-order valence-corrected chi connectivity index (χ3v) is 6.34. The molecular formula is C19H17BrN2O7S. The molecule has 11 heteroatoms. The summed E-state index contributed by atoms with van der Waals surface area (Å²) in [5, 5.41) is 9.41. The van der Waals surface area contributed by atoms with E-state index in [0.717, 1.165) is 4.90 Å². The number of ether oxygens (including phenoxy) is 1. The summed E-state index contributed by atoms with van der Waals surface area (Å²) in [6.07, 6.45) is 0. The number of benzene rings is 2. The molecule has 1 atom stereocenters. The van der Waals surface area contributed by atoms with Gasteiger partial charge in [-0.15, -0.1) is 0 Å². The van der Waals surface area contributed by atoms with Crippen molar-refractivity contribution in [3.05, 3.63) is 64.1 Å². The molecule has 0 fully saturated rings. The quantitative estimate of drug-likeness (QED) is 0.410. The largest absolute Gasteiger partial charge is 0.463 e. The monoisotopic (exact) mass is 496 g/mol. The third-order valence-electron chi connectivity index (χ3n) is 4.33. The number of esters is 1. The van der Waals surface area contributed by atoms with E-state index >= 15 is 0 Å². The lowest BCUT2D eigenvalue weighted by Crippen LogP contribution is -2.45. The molecule has 0 aliphatic carbocycles. The van der Waals surface area contributed by atoms with E-state index in [1.54, 1.807) is 12.1 Å². The molecule has 0 bridgehead atoms. The van der Waals surface area contributed by atoms with E-state index in [-0.39, 0.29) is 29.2 Å². The van der Waals surface area contributed by atoms with Crippen LogP contribution in [0.4, 0.5) is 0 Å². The molecule has 1 aliphatic heterocycles. The number of carbonyl (C=O) groups is 3. The fourth-order valence-corrected chi connectivity index (χ4v) is 4.25. The third kappa shape index (κ3) is 4.59. The molecule has 9 nitrogen and oxygen atoms in total. The van der Waals surface area contributed by atoms with Crippen molar-refractivity contribution in [3.63, 3.8) is 0 Å². The number of hydrogen-bond donors (Lipinski definition) is 2. The van der Waals surface area contributed by atoms with E-state index < -0.39 is 40.5 Å². The van der Waals surface area contributed by atoms with Crippen LogP contribution in [0.5, 0.6) is 0 Å². The molecule has 1 heterocycles. The number of nitrogens with zero attached hydrogens (tertiary/aromatic N) is 1. The van der Waals surface area contributed by atoms with Crippen LogP contribution in [0.3, 0.4) is 0 Å². The molecule has 2 aromatic carbocycles. The SMILES string of the molecule is O=C(OCCN1C(=O)c2ccccc2C1=O)C(CO)NS(=O)(=O)c1ccc(Br)cc1. The van der Waals surface area contributed by atoms with Crippen molar-refractivity contribution < 1.29 is 32.6 Å². The first-order chi connectivity index (χ1) is 14.2. The highest BCUT2D eigenvalue weighted by atomic mass is 79.9. The summed E-state index contributed by atoms with van der Waals surface area (Å²) in [6.45, 7) is -1.38. The predicted octanol–water partition coefficient (Wildman–Crippen LogP) is 0.928. The Balaban J connectivity index is 1.58. The second-order valence-electron chi connectivity index (χ2n) is 6.29. The molecule has 1 aliphatic rings. The average molecular weight is 497 g/mol. The van der Waals surface area contributed by atoms with Crippen LogP contribution in [0.1, 0.15) is 20.7 Å². The number of hydrogen-bond acceptors (Lipinski definition) is 7. The summed E-state index contributed by atoms with van der Waals surface area (Å²) >= 11 is 3.19. The number of imide groups is 1. The van der Waals surface area contributed by atoms with Crippen LogP contribution in [0.15, 0.2) is 57.9 Å². The molecule has 0 saturated carbocycles. The summed E-state index contributed by atoms with van der Waals surface area (Å²) in [6, 6.07) is 10.5. The summed E-state index contributed by atoms with van der Waals surface area (Å²) in [4.78, 5) is 37.6. The highest BCUT2D eigenvalue weighted by Crippen LogP contribution is 2.22. The lowest BCUT2D eigenvalue weighted by atomic mass is 10.1. The molecule has 0 radical (unpaired) electrons. The Kier molecular flexibility index (Phi) is 6.66. The predicted molar refractivity (Wildman–Crippen MR) is 108 cm³/mol. The van der Waals surface area contributed by atoms with Crippen LogP contribution < -0.4 is 4.72 Å². The summed E-state index contributed by atoms with van der Waals surface area (Å²) in [5.41, 5.74) is 0.536. The van der Waals surface area contributed by atoms with Crippen LogP contribution in [0.2, 0.25) is 0 Å². The van der Waals surface area contributed by atoms with E-state index in [0.29, 0.717) is 4.47 Å². The second kappa shape index (κ2) is 9.04. The van der Waals surface area contributed by atoms with Gasteiger partial charge in [-0.2, -0.15) is 4.72 Å². The normalized spacial score (nSPS) is 14.5. The van der Waals surface area contributed by atoms with E-state index in [9.17, 15) is 27.9 Å². The number of carbonyl (C=O) groups excluding carboxylic acids is 3. The van der Waals surface area contributed by atoms with Crippen LogP contribution in [-0.2, 0) is 19.6 Å². The Morgan fingerprint density at radius 2 is 1.63 bits per heavy atom. The maximum absolute atomic E-state index is 12.4. The number of halogens is 1. The topological polar surface area (TPSA) is 130 Å². The molecule has 0 aromatic heterocycles. The van der Waals surface area contributed by atoms with Gasteiger partial charge in [-0.25, -0.2) is 8.42 Å². The zero-order valence-electron chi connectivity index (χ0n) is 15.4. The summed E-state index contributed by atoms with van der Waals surface area (Å²) < 4.78 is 32.5. The number of rotatable bonds is 8. The number of amides is 2. The van der Waals surface area contributed by atoms with E-state index in [1.807, 2.05) is 0 Å². The molecule has 30 heavy (non-hydrogen) atoms. The fraction of sp³-hybridized carbons (Fsp3) is 0.211. The highest BCUT2D eigenvalue weighted by Gasteiger charge is 2.35. The summed E-state index contributed by atoms with van der Waals surface area (Å²) in [5.74, 6) is -2.03. The minimum absolute atomic E-state index is 0.0945. The van der Waals surface area contributed by atoms with Crippen molar-refractivity contribution in [2.45, 2.75) is 10.9 Å². The van der Waals surface area contributed by atoms with Crippen molar-refractivity contribution in [1.82, 2.24) is 9.62 Å². The van der Waals surface area contributed by atoms with Crippen molar-refractivity contribution in [3.8, 4) is 0 Å². The minimum atomic E-state index is -4.08. The van der Waals surface area contributed by atoms with Gasteiger partial charge in [0, 0.05) is 4.47 Å². The van der Waals surface area contributed by atoms with Gasteiger partial charge >= 0.3 is 5.97 Å². The molecule has 2 aromatic rings. The zero-order valence-corrected chi connectivity index (χ0v) is 17.9. The smallest absolute Gasteiger partial charge is 0.326 e. The fourth-order valence-electron chi connectivity index (χ4n) is 2.81. The molecule has 2 amide bonds. The van der Waals surface area contributed by atoms with Crippen molar-refractivity contribution in [1.29, 1.82) is 0 Å². The standard InChI is InChI=1S/C19H17BrN2O7S/c20-12-5-7-13(8-6-12)30(27,28)21-16(11-23)19(26)29-10-9-22-17(24)14-3-1-2-4-15(14)18(22)25/h1-8,16,21,23H,9-11H2. The highest BCUT2D eigenvalue weighted by molar-refractivity contribution is 9.10. The average Bonchev–Trinajstić information content (AvgIpc) is 2.97. The Labute approximate surface area is 180 Å². The van der Waals surface area contributed by atoms with Gasteiger partial charge in [-0.1, -0.05) is 28.1 Å². The minimum Gasteiger partial charge on any atom is -0.463 e. The molecule has 0 spiro atoms. The van der Waals surface area contributed by atoms with E-state index in [2.05, 4.69) is 20.7 Å². The van der Waals surface area contributed by atoms with Crippen molar-refractivity contribution in [2.24, 2.45) is 0 Å². The Hall–Kier alpha value is -2.60.